The normalized spacial score (nSPS) is 12.9. The van der Waals surface area contributed by atoms with Crippen LogP contribution in [0.1, 0.15) is 52.7 Å². The second-order valence-corrected chi connectivity index (χ2v) is 8.10. The van der Waals surface area contributed by atoms with Gasteiger partial charge in [0.25, 0.3) is 0 Å². The number of anilines is 1. The predicted octanol–water partition coefficient (Wildman–Crippen LogP) is 5.39. The summed E-state index contributed by atoms with van der Waals surface area (Å²) in [5, 5.41) is 0. The molecule has 0 aromatic heterocycles. The molecule has 1 rings (SSSR count). The number of halogens is 2. The average molecular weight is 363 g/mol. The van der Waals surface area contributed by atoms with Crippen LogP contribution in [-0.2, 0) is 10.8 Å². The second kappa shape index (κ2) is 4.58. The average Bonchev–Trinajstić information content (AvgIpc) is 2.10. The summed E-state index contributed by atoms with van der Waals surface area (Å²) < 4.78 is 2.01. The van der Waals surface area contributed by atoms with Crippen molar-refractivity contribution < 1.29 is 0 Å². The molecule has 0 aliphatic rings. The summed E-state index contributed by atoms with van der Waals surface area (Å²) in [6.45, 7) is 13.2. The van der Waals surface area contributed by atoms with E-state index >= 15 is 0 Å². The summed E-state index contributed by atoms with van der Waals surface area (Å²) in [6, 6.07) is 2.25. The molecule has 0 bridgehead atoms. The van der Waals surface area contributed by atoms with E-state index in [9.17, 15) is 0 Å². The van der Waals surface area contributed by atoms with Crippen molar-refractivity contribution >= 4 is 37.5 Å². The van der Waals surface area contributed by atoms with E-state index < -0.39 is 0 Å². The molecule has 3 heteroatoms. The van der Waals surface area contributed by atoms with Gasteiger partial charge in [0.05, 0.1) is 5.69 Å². The SMILES string of the molecule is CC(C)(C)c1cc(C(C)(C)C)c(Br)c(N)c1Br. The highest BCUT2D eigenvalue weighted by Crippen LogP contribution is 2.43. The van der Waals surface area contributed by atoms with Gasteiger partial charge in [-0.05, 0) is 53.8 Å². The molecule has 0 amide bonds. The molecule has 0 saturated heterocycles. The molecule has 0 heterocycles. The van der Waals surface area contributed by atoms with Gasteiger partial charge in [-0.25, -0.2) is 0 Å². The van der Waals surface area contributed by atoms with E-state index in [0.717, 1.165) is 14.6 Å². The molecule has 96 valence electrons. The van der Waals surface area contributed by atoms with Gasteiger partial charge >= 0.3 is 0 Å². The molecule has 1 nitrogen and oxygen atoms in total. The molecule has 0 aliphatic carbocycles. The molecule has 0 spiro atoms. The summed E-state index contributed by atoms with van der Waals surface area (Å²) >= 11 is 7.23. The van der Waals surface area contributed by atoms with Gasteiger partial charge in [0.2, 0.25) is 0 Å². The zero-order chi connectivity index (χ0) is 13.6. The highest BCUT2D eigenvalue weighted by molar-refractivity contribution is 9.11. The van der Waals surface area contributed by atoms with E-state index in [4.69, 9.17) is 5.73 Å². The first-order valence-electron chi connectivity index (χ1n) is 5.74. The smallest absolute Gasteiger partial charge is 0.0608 e. The molecular formula is C14H21Br2N. The zero-order valence-corrected chi connectivity index (χ0v) is 14.6. The monoisotopic (exact) mass is 361 g/mol. The van der Waals surface area contributed by atoms with Gasteiger partial charge < -0.3 is 5.73 Å². The molecule has 0 saturated carbocycles. The van der Waals surface area contributed by atoms with Crippen molar-refractivity contribution in [2.75, 3.05) is 5.73 Å². The number of hydrogen-bond donors (Lipinski definition) is 1. The maximum Gasteiger partial charge on any atom is 0.0608 e. The largest absolute Gasteiger partial charge is 0.397 e. The van der Waals surface area contributed by atoms with Crippen LogP contribution in [0.3, 0.4) is 0 Å². The molecule has 0 atom stereocenters. The summed E-state index contributed by atoms with van der Waals surface area (Å²) in [6.07, 6.45) is 0. The van der Waals surface area contributed by atoms with Crippen molar-refractivity contribution in [2.45, 2.75) is 52.4 Å². The Hall–Kier alpha value is -0.0200. The maximum absolute atomic E-state index is 6.18. The van der Waals surface area contributed by atoms with Crippen molar-refractivity contribution in [3.8, 4) is 0 Å². The number of nitrogen functional groups attached to an aromatic ring is 1. The standard InChI is InChI=1S/C14H21Br2N/c1-13(2,3)8-7-9(14(4,5)6)11(16)12(17)10(8)15/h7H,17H2,1-6H3. The maximum atomic E-state index is 6.18. The molecular weight excluding hydrogens is 342 g/mol. The molecule has 0 fully saturated rings. The van der Waals surface area contributed by atoms with Crippen LogP contribution in [0.2, 0.25) is 0 Å². The van der Waals surface area contributed by atoms with Crippen molar-refractivity contribution in [3.63, 3.8) is 0 Å². The predicted molar refractivity (Wildman–Crippen MR) is 83.7 cm³/mol. The lowest BCUT2D eigenvalue weighted by Crippen LogP contribution is -2.19. The minimum atomic E-state index is 0.0770. The molecule has 0 aliphatic heterocycles. The Morgan fingerprint density at radius 2 is 1.12 bits per heavy atom. The van der Waals surface area contributed by atoms with E-state index in [2.05, 4.69) is 79.5 Å². The lowest BCUT2D eigenvalue weighted by molar-refractivity contribution is 0.565. The summed E-state index contributed by atoms with van der Waals surface area (Å²) in [5.41, 5.74) is 9.64. The molecule has 0 unspecified atom stereocenters. The lowest BCUT2D eigenvalue weighted by atomic mass is 9.80. The van der Waals surface area contributed by atoms with Gasteiger partial charge in [0.15, 0.2) is 0 Å². The molecule has 0 radical (unpaired) electrons. The summed E-state index contributed by atoms with van der Waals surface area (Å²) in [4.78, 5) is 0. The Balaban J connectivity index is 3.63. The van der Waals surface area contributed by atoms with Gasteiger partial charge in [-0.2, -0.15) is 0 Å². The van der Waals surface area contributed by atoms with Crippen molar-refractivity contribution in [1.82, 2.24) is 0 Å². The van der Waals surface area contributed by atoms with Gasteiger partial charge in [0.1, 0.15) is 0 Å². The van der Waals surface area contributed by atoms with Gasteiger partial charge in [-0.1, -0.05) is 47.6 Å². The van der Waals surface area contributed by atoms with Crippen molar-refractivity contribution in [2.24, 2.45) is 0 Å². The van der Waals surface area contributed by atoms with Gasteiger partial charge in [0, 0.05) is 8.95 Å². The topological polar surface area (TPSA) is 26.0 Å². The Morgan fingerprint density at radius 1 is 0.824 bits per heavy atom. The Labute approximate surface area is 121 Å². The number of nitrogens with two attached hydrogens (primary N) is 1. The highest BCUT2D eigenvalue weighted by atomic mass is 79.9. The lowest BCUT2D eigenvalue weighted by Gasteiger charge is -2.28. The van der Waals surface area contributed by atoms with Crippen LogP contribution in [0.5, 0.6) is 0 Å². The van der Waals surface area contributed by atoms with Crippen LogP contribution in [0.25, 0.3) is 0 Å². The third-order valence-electron chi connectivity index (χ3n) is 2.85. The fourth-order valence-corrected chi connectivity index (χ4v) is 3.83. The first kappa shape index (κ1) is 15.0. The van der Waals surface area contributed by atoms with Crippen LogP contribution < -0.4 is 5.73 Å². The van der Waals surface area contributed by atoms with Crippen LogP contribution >= 0.6 is 31.9 Å². The third kappa shape index (κ3) is 3.05. The van der Waals surface area contributed by atoms with Crippen molar-refractivity contribution in [3.05, 3.63) is 26.1 Å². The second-order valence-electron chi connectivity index (χ2n) is 6.51. The van der Waals surface area contributed by atoms with E-state index in [0.29, 0.717) is 0 Å². The van der Waals surface area contributed by atoms with Crippen LogP contribution in [-0.4, -0.2) is 0 Å². The molecule has 2 N–H and O–H groups in total. The first-order chi connectivity index (χ1) is 7.46. The fourth-order valence-electron chi connectivity index (χ4n) is 1.75. The molecule has 1 aromatic carbocycles. The van der Waals surface area contributed by atoms with Gasteiger partial charge in [-0.3, -0.25) is 0 Å². The molecule has 17 heavy (non-hydrogen) atoms. The Kier molecular flexibility index (Phi) is 4.05. The number of benzene rings is 1. The van der Waals surface area contributed by atoms with Crippen LogP contribution in [0, 0.1) is 0 Å². The van der Waals surface area contributed by atoms with E-state index in [1.807, 2.05) is 0 Å². The van der Waals surface area contributed by atoms with Gasteiger partial charge in [-0.15, -0.1) is 0 Å². The van der Waals surface area contributed by atoms with E-state index in [1.54, 1.807) is 0 Å². The first-order valence-corrected chi connectivity index (χ1v) is 7.33. The van der Waals surface area contributed by atoms with Crippen molar-refractivity contribution in [1.29, 1.82) is 0 Å². The Morgan fingerprint density at radius 3 is 1.35 bits per heavy atom. The minimum Gasteiger partial charge on any atom is -0.397 e. The third-order valence-corrected chi connectivity index (χ3v) is 4.56. The number of rotatable bonds is 0. The zero-order valence-electron chi connectivity index (χ0n) is 11.4. The summed E-state index contributed by atoms with van der Waals surface area (Å²) in [7, 11) is 0. The Bertz CT molecular complexity index is 399. The summed E-state index contributed by atoms with van der Waals surface area (Å²) in [5.74, 6) is 0. The van der Waals surface area contributed by atoms with E-state index in [1.165, 1.54) is 11.1 Å². The highest BCUT2D eigenvalue weighted by Gasteiger charge is 2.26. The molecule has 1 aromatic rings. The minimum absolute atomic E-state index is 0.0770. The van der Waals surface area contributed by atoms with Crippen LogP contribution in [0.15, 0.2) is 15.0 Å². The quantitative estimate of drug-likeness (QED) is 0.615. The van der Waals surface area contributed by atoms with Crippen LogP contribution in [0.4, 0.5) is 5.69 Å². The fraction of sp³-hybridized carbons (Fsp3) is 0.571. The number of hydrogen-bond acceptors (Lipinski definition) is 1. The van der Waals surface area contributed by atoms with E-state index in [-0.39, 0.29) is 10.8 Å².